The van der Waals surface area contributed by atoms with Crippen LogP contribution >= 0.6 is 23.1 Å². The standard InChI is InChI=1S/C15H23N3O2S2/c1-4-14(19)18-10-22-9-13(18)15(20)16-7-12(17(2)3)11-5-6-21-8-11/h5-6,8,12-13H,4,7,9-10H2,1-3H3,(H,16,20)/t12-,13+/m1/s1. The highest BCUT2D eigenvalue weighted by molar-refractivity contribution is 7.99. The highest BCUT2D eigenvalue weighted by Crippen LogP contribution is 2.23. The third kappa shape index (κ3) is 4.02. The van der Waals surface area contributed by atoms with Gasteiger partial charge >= 0.3 is 0 Å². The lowest BCUT2D eigenvalue weighted by atomic mass is 10.1. The molecule has 0 aromatic carbocycles. The van der Waals surface area contributed by atoms with Crippen LogP contribution in [0.15, 0.2) is 16.8 Å². The van der Waals surface area contributed by atoms with Gasteiger partial charge in [-0.2, -0.15) is 11.3 Å². The lowest BCUT2D eigenvalue weighted by molar-refractivity contribution is -0.137. The first-order valence-electron chi connectivity index (χ1n) is 7.38. The Hall–Kier alpha value is -1.05. The molecule has 7 heteroatoms. The molecule has 1 aromatic heterocycles. The van der Waals surface area contributed by atoms with Gasteiger partial charge in [-0.3, -0.25) is 9.59 Å². The van der Waals surface area contributed by atoms with Crippen molar-refractivity contribution in [2.24, 2.45) is 0 Å². The molecule has 2 rings (SSSR count). The quantitative estimate of drug-likeness (QED) is 0.857. The van der Waals surface area contributed by atoms with Crippen LogP contribution in [0.5, 0.6) is 0 Å². The van der Waals surface area contributed by atoms with Crippen LogP contribution in [-0.4, -0.2) is 59.9 Å². The average Bonchev–Trinajstić information content (AvgIpc) is 3.17. The summed E-state index contributed by atoms with van der Waals surface area (Å²) in [4.78, 5) is 28.1. The van der Waals surface area contributed by atoms with Gasteiger partial charge in [-0.15, -0.1) is 11.8 Å². The molecular formula is C15H23N3O2S2. The minimum atomic E-state index is -0.331. The first-order chi connectivity index (χ1) is 10.5. The molecule has 1 aliphatic rings. The van der Waals surface area contributed by atoms with E-state index < -0.39 is 0 Å². The molecule has 0 saturated carbocycles. The van der Waals surface area contributed by atoms with Gasteiger partial charge in [0.1, 0.15) is 6.04 Å². The van der Waals surface area contributed by atoms with Crippen molar-refractivity contribution in [3.63, 3.8) is 0 Å². The van der Waals surface area contributed by atoms with Gasteiger partial charge in [0, 0.05) is 18.7 Å². The molecule has 1 saturated heterocycles. The summed E-state index contributed by atoms with van der Waals surface area (Å²) >= 11 is 3.29. The zero-order valence-corrected chi connectivity index (χ0v) is 14.9. The number of carbonyl (C=O) groups is 2. The molecular weight excluding hydrogens is 318 g/mol. The smallest absolute Gasteiger partial charge is 0.243 e. The molecule has 2 heterocycles. The third-order valence-corrected chi connectivity index (χ3v) is 5.54. The Morgan fingerprint density at radius 1 is 1.50 bits per heavy atom. The van der Waals surface area contributed by atoms with Crippen LogP contribution in [0.25, 0.3) is 0 Å². The molecule has 0 spiro atoms. The molecule has 2 amide bonds. The van der Waals surface area contributed by atoms with E-state index in [0.717, 1.165) is 0 Å². The lowest BCUT2D eigenvalue weighted by Gasteiger charge is -2.26. The van der Waals surface area contributed by atoms with E-state index >= 15 is 0 Å². The van der Waals surface area contributed by atoms with E-state index in [-0.39, 0.29) is 23.9 Å². The zero-order valence-electron chi connectivity index (χ0n) is 13.2. The van der Waals surface area contributed by atoms with Crippen molar-refractivity contribution in [2.75, 3.05) is 32.3 Å². The average molecular weight is 342 g/mol. The summed E-state index contributed by atoms with van der Waals surface area (Å²) in [5, 5.41) is 7.17. The van der Waals surface area contributed by atoms with Crippen molar-refractivity contribution >= 4 is 34.9 Å². The van der Waals surface area contributed by atoms with Gasteiger partial charge < -0.3 is 15.1 Å². The fraction of sp³-hybridized carbons (Fsp3) is 0.600. The Labute approximate surface area is 140 Å². The van der Waals surface area contributed by atoms with E-state index in [1.165, 1.54) is 5.56 Å². The van der Waals surface area contributed by atoms with Gasteiger partial charge in [0.25, 0.3) is 0 Å². The Bertz CT molecular complexity index is 505. The predicted octanol–water partition coefficient (Wildman–Crippen LogP) is 1.78. The molecule has 1 fully saturated rings. The normalized spacial score (nSPS) is 19.5. The minimum absolute atomic E-state index is 0.0473. The first-order valence-corrected chi connectivity index (χ1v) is 9.47. The summed E-state index contributed by atoms with van der Waals surface area (Å²) in [7, 11) is 4.01. The summed E-state index contributed by atoms with van der Waals surface area (Å²) in [5.41, 5.74) is 1.21. The van der Waals surface area contributed by atoms with Crippen LogP contribution in [-0.2, 0) is 9.59 Å². The molecule has 1 aromatic rings. The SMILES string of the molecule is CCC(=O)N1CSC[C@H]1C(=O)NC[C@H](c1ccsc1)N(C)C. The van der Waals surface area contributed by atoms with Crippen LogP contribution in [0.1, 0.15) is 24.9 Å². The number of thiophene rings is 1. The van der Waals surface area contributed by atoms with E-state index in [0.29, 0.717) is 24.6 Å². The maximum absolute atomic E-state index is 12.4. The predicted molar refractivity (Wildman–Crippen MR) is 92.0 cm³/mol. The van der Waals surface area contributed by atoms with E-state index in [1.54, 1.807) is 28.0 Å². The number of thioether (sulfide) groups is 1. The molecule has 0 radical (unpaired) electrons. The van der Waals surface area contributed by atoms with Gasteiger partial charge in [-0.1, -0.05) is 6.92 Å². The fourth-order valence-corrected chi connectivity index (χ4v) is 4.37. The summed E-state index contributed by atoms with van der Waals surface area (Å²) in [5.74, 6) is 1.30. The van der Waals surface area contributed by atoms with Crippen molar-refractivity contribution < 1.29 is 9.59 Å². The third-order valence-electron chi connectivity index (χ3n) is 3.83. The Kier molecular flexibility index (Phi) is 6.28. The Morgan fingerprint density at radius 2 is 2.27 bits per heavy atom. The Balaban J connectivity index is 1.95. The molecule has 1 aliphatic heterocycles. The van der Waals surface area contributed by atoms with Gasteiger partial charge in [0.2, 0.25) is 11.8 Å². The molecule has 22 heavy (non-hydrogen) atoms. The molecule has 0 bridgehead atoms. The fourth-order valence-electron chi connectivity index (χ4n) is 2.49. The second-order valence-corrected chi connectivity index (χ2v) is 7.29. The summed E-state index contributed by atoms with van der Waals surface area (Å²) < 4.78 is 0. The highest BCUT2D eigenvalue weighted by Gasteiger charge is 2.34. The number of nitrogens with zero attached hydrogens (tertiary/aromatic N) is 2. The van der Waals surface area contributed by atoms with Gasteiger partial charge in [0.15, 0.2) is 0 Å². The van der Waals surface area contributed by atoms with E-state index in [2.05, 4.69) is 21.7 Å². The van der Waals surface area contributed by atoms with Crippen LogP contribution in [0.2, 0.25) is 0 Å². The van der Waals surface area contributed by atoms with Gasteiger partial charge in [-0.05, 0) is 36.5 Å². The molecule has 2 atom stereocenters. The molecule has 0 aliphatic carbocycles. The molecule has 5 nitrogen and oxygen atoms in total. The van der Waals surface area contributed by atoms with Crippen molar-refractivity contribution in [3.05, 3.63) is 22.4 Å². The summed E-state index contributed by atoms with van der Waals surface area (Å²) in [6, 6.07) is 1.90. The molecule has 1 N–H and O–H groups in total. The summed E-state index contributed by atoms with van der Waals surface area (Å²) in [6.07, 6.45) is 0.444. The number of carbonyl (C=O) groups excluding carboxylic acids is 2. The largest absolute Gasteiger partial charge is 0.352 e. The first kappa shape index (κ1) is 17.3. The monoisotopic (exact) mass is 341 g/mol. The van der Waals surface area contributed by atoms with Crippen LogP contribution in [0.3, 0.4) is 0 Å². The van der Waals surface area contributed by atoms with Gasteiger partial charge in [0.05, 0.1) is 11.9 Å². The zero-order chi connectivity index (χ0) is 16.1. The number of nitrogens with one attached hydrogen (secondary N) is 1. The van der Waals surface area contributed by atoms with Crippen molar-refractivity contribution in [2.45, 2.75) is 25.4 Å². The second-order valence-electron chi connectivity index (χ2n) is 5.51. The number of rotatable bonds is 6. The van der Waals surface area contributed by atoms with Crippen molar-refractivity contribution in [1.29, 1.82) is 0 Å². The topological polar surface area (TPSA) is 52.7 Å². The number of hydrogen-bond acceptors (Lipinski definition) is 5. The van der Waals surface area contributed by atoms with Crippen molar-refractivity contribution in [1.82, 2.24) is 15.1 Å². The summed E-state index contributed by atoms with van der Waals surface area (Å²) in [6.45, 7) is 2.39. The van der Waals surface area contributed by atoms with Crippen LogP contribution in [0.4, 0.5) is 0 Å². The van der Waals surface area contributed by atoms with Crippen LogP contribution in [0, 0.1) is 0 Å². The highest BCUT2D eigenvalue weighted by atomic mass is 32.2. The van der Waals surface area contributed by atoms with Gasteiger partial charge in [-0.25, -0.2) is 0 Å². The Morgan fingerprint density at radius 3 is 2.86 bits per heavy atom. The number of likely N-dealkylation sites (N-methyl/N-ethyl adjacent to an activating group) is 1. The number of amides is 2. The van der Waals surface area contributed by atoms with Crippen LogP contribution < -0.4 is 5.32 Å². The molecule has 122 valence electrons. The van der Waals surface area contributed by atoms with Crippen molar-refractivity contribution in [3.8, 4) is 0 Å². The van der Waals surface area contributed by atoms with E-state index in [9.17, 15) is 9.59 Å². The lowest BCUT2D eigenvalue weighted by Crippen LogP contribution is -2.48. The minimum Gasteiger partial charge on any atom is -0.352 e. The second kappa shape index (κ2) is 7.99. The maximum atomic E-state index is 12.4. The van der Waals surface area contributed by atoms with E-state index in [1.807, 2.05) is 26.4 Å². The number of hydrogen-bond donors (Lipinski definition) is 1. The molecule has 0 unspecified atom stereocenters. The van der Waals surface area contributed by atoms with E-state index in [4.69, 9.17) is 0 Å². The maximum Gasteiger partial charge on any atom is 0.243 e.